The molecule has 0 spiro atoms. The summed E-state index contributed by atoms with van der Waals surface area (Å²) in [6.45, 7) is 1.53. The van der Waals surface area contributed by atoms with E-state index in [1.807, 2.05) is 17.8 Å². The fourth-order valence-corrected chi connectivity index (χ4v) is 6.04. The molecule has 0 bridgehead atoms. The molecule has 5 nitrogen and oxygen atoms in total. The van der Waals surface area contributed by atoms with Crippen LogP contribution in [0.4, 0.5) is 0 Å². The predicted octanol–water partition coefficient (Wildman–Crippen LogP) is 1.91. The van der Waals surface area contributed by atoms with E-state index in [4.69, 9.17) is 0 Å². The molecule has 7 heteroatoms. The Balaban J connectivity index is 1.44. The molecule has 1 aromatic rings. The molecule has 2 fully saturated rings. The second-order valence-electron chi connectivity index (χ2n) is 6.67. The predicted molar refractivity (Wildman–Crippen MR) is 100 cm³/mol. The molecule has 2 N–H and O–H groups in total. The highest BCUT2D eigenvalue weighted by molar-refractivity contribution is 8.01. The van der Waals surface area contributed by atoms with Gasteiger partial charge in [0.25, 0.3) is 0 Å². The first-order chi connectivity index (χ1) is 11.5. The molecule has 1 unspecified atom stereocenters. The van der Waals surface area contributed by atoms with E-state index in [0.29, 0.717) is 18.1 Å². The van der Waals surface area contributed by atoms with Gasteiger partial charge in [0.2, 0.25) is 0 Å². The number of aliphatic imine (C=N–C) groups is 1. The van der Waals surface area contributed by atoms with Crippen LogP contribution in [0.25, 0.3) is 0 Å². The average molecular weight is 368 g/mol. The molecular weight excluding hydrogens is 342 g/mol. The van der Waals surface area contributed by atoms with E-state index < -0.39 is 9.84 Å². The Bertz CT molecular complexity index is 685. The number of nitrogens with zero attached hydrogens (tertiary/aromatic N) is 1. The smallest absolute Gasteiger partial charge is 0.191 e. The van der Waals surface area contributed by atoms with Crippen molar-refractivity contribution in [2.75, 3.05) is 31.6 Å². The Labute approximate surface area is 148 Å². The third kappa shape index (κ3) is 4.89. The topological polar surface area (TPSA) is 70.6 Å². The fraction of sp³-hybridized carbons (Fsp3) is 0.588. The summed E-state index contributed by atoms with van der Waals surface area (Å²) in [5.74, 6) is 1.58. The Hall–Kier alpha value is -1.21. The van der Waals surface area contributed by atoms with E-state index >= 15 is 0 Å². The SMILES string of the molecule is CN=C(NCC1CCS(=O)(=O)C1)NCC1(Sc2ccccc2)CC1. The van der Waals surface area contributed by atoms with Gasteiger partial charge in [-0.25, -0.2) is 8.42 Å². The maximum atomic E-state index is 11.5. The molecule has 1 aliphatic heterocycles. The van der Waals surface area contributed by atoms with Crippen LogP contribution in [-0.2, 0) is 9.84 Å². The van der Waals surface area contributed by atoms with Crippen molar-refractivity contribution in [3.05, 3.63) is 30.3 Å². The number of sulfone groups is 1. The van der Waals surface area contributed by atoms with Gasteiger partial charge in [-0.1, -0.05) is 18.2 Å². The molecule has 1 aromatic carbocycles. The third-order valence-electron chi connectivity index (χ3n) is 4.57. The van der Waals surface area contributed by atoms with Crippen molar-refractivity contribution in [1.29, 1.82) is 0 Å². The number of nitrogens with one attached hydrogen (secondary N) is 2. The van der Waals surface area contributed by atoms with Crippen molar-refractivity contribution >= 4 is 27.6 Å². The molecule has 2 aliphatic rings. The van der Waals surface area contributed by atoms with Gasteiger partial charge < -0.3 is 10.6 Å². The van der Waals surface area contributed by atoms with Gasteiger partial charge >= 0.3 is 0 Å². The first-order valence-corrected chi connectivity index (χ1v) is 11.0. The van der Waals surface area contributed by atoms with Gasteiger partial charge in [0, 0.05) is 29.8 Å². The number of benzene rings is 1. The van der Waals surface area contributed by atoms with Crippen LogP contribution in [-0.4, -0.2) is 50.8 Å². The summed E-state index contributed by atoms with van der Waals surface area (Å²) in [6.07, 6.45) is 3.16. The summed E-state index contributed by atoms with van der Waals surface area (Å²) >= 11 is 1.93. The highest BCUT2D eigenvalue weighted by Crippen LogP contribution is 2.51. The lowest BCUT2D eigenvalue weighted by Gasteiger charge is -2.19. The van der Waals surface area contributed by atoms with Crippen molar-refractivity contribution in [2.45, 2.75) is 28.9 Å². The Morgan fingerprint density at radius 1 is 1.29 bits per heavy atom. The van der Waals surface area contributed by atoms with Gasteiger partial charge in [-0.2, -0.15) is 0 Å². The summed E-state index contributed by atoms with van der Waals surface area (Å²) in [4.78, 5) is 5.56. The first-order valence-electron chi connectivity index (χ1n) is 8.39. The zero-order valence-corrected chi connectivity index (χ0v) is 15.6. The largest absolute Gasteiger partial charge is 0.356 e. The van der Waals surface area contributed by atoms with Gasteiger partial charge in [-0.05, 0) is 37.3 Å². The summed E-state index contributed by atoms with van der Waals surface area (Å²) < 4.78 is 23.3. The number of rotatable bonds is 6. The van der Waals surface area contributed by atoms with Crippen LogP contribution < -0.4 is 10.6 Å². The molecule has 1 aliphatic carbocycles. The minimum Gasteiger partial charge on any atom is -0.356 e. The molecular formula is C17H25N3O2S2. The summed E-state index contributed by atoms with van der Waals surface area (Å²) in [5.41, 5.74) is 0. The van der Waals surface area contributed by atoms with Crippen LogP contribution in [0.15, 0.2) is 40.2 Å². The molecule has 1 saturated carbocycles. The van der Waals surface area contributed by atoms with E-state index in [9.17, 15) is 8.42 Å². The molecule has 1 heterocycles. The Morgan fingerprint density at radius 2 is 2.04 bits per heavy atom. The monoisotopic (exact) mass is 367 g/mol. The second kappa shape index (κ2) is 7.35. The zero-order valence-electron chi connectivity index (χ0n) is 14.0. The zero-order chi connectivity index (χ0) is 17.0. The third-order valence-corrected chi connectivity index (χ3v) is 7.90. The summed E-state index contributed by atoms with van der Waals surface area (Å²) in [5, 5.41) is 6.68. The van der Waals surface area contributed by atoms with Crippen molar-refractivity contribution in [2.24, 2.45) is 10.9 Å². The van der Waals surface area contributed by atoms with Crippen molar-refractivity contribution in [1.82, 2.24) is 10.6 Å². The lowest BCUT2D eigenvalue weighted by atomic mass is 10.1. The van der Waals surface area contributed by atoms with Gasteiger partial charge in [0.1, 0.15) is 0 Å². The van der Waals surface area contributed by atoms with E-state index in [1.165, 1.54) is 17.7 Å². The molecule has 0 amide bonds. The summed E-state index contributed by atoms with van der Waals surface area (Å²) in [6, 6.07) is 10.5. The standard InChI is InChI=1S/C17H25N3O2S2/c1-18-16(19-11-14-7-10-24(21,22)12-14)20-13-17(8-9-17)23-15-5-3-2-4-6-15/h2-6,14H,7-13H2,1H3,(H2,18,19,20). The number of guanidine groups is 1. The normalized spacial score (nSPS) is 24.5. The molecule has 132 valence electrons. The van der Waals surface area contributed by atoms with Crippen LogP contribution in [0, 0.1) is 5.92 Å². The molecule has 3 rings (SSSR count). The Kier molecular flexibility index (Phi) is 5.39. The minimum absolute atomic E-state index is 0.196. The van der Waals surface area contributed by atoms with E-state index in [2.05, 4.69) is 39.9 Å². The van der Waals surface area contributed by atoms with Gasteiger partial charge in [-0.15, -0.1) is 11.8 Å². The first kappa shape index (κ1) is 17.6. The van der Waals surface area contributed by atoms with Crippen LogP contribution >= 0.6 is 11.8 Å². The maximum absolute atomic E-state index is 11.5. The number of hydrogen-bond donors (Lipinski definition) is 2. The average Bonchev–Trinajstić information content (AvgIpc) is 3.24. The molecule has 1 saturated heterocycles. The van der Waals surface area contributed by atoms with Crippen LogP contribution in [0.2, 0.25) is 0 Å². The fourth-order valence-electron chi connectivity index (χ4n) is 2.93. The van der Waals surface area contributed by atoms with Gasteiger partial charge in [0.15, 0.2) is 15.8 Å². The highest BCUT2D eigenvalue weighted by atomic mass is 32.2. The van der Waals surface area contributed by atoms with Crippen LogP contribution in [0.5, 0.6) is 0 Å². The number of hydrogen-bond acceptors (Lipinski definition) is 4. The second-order valence-corrected chi connectivity index (χ2v) is 10.4. The minimum atomic E-state index is -2.81. The van der Waals surface area contributed by atoms with Crippen molar-refractivity contribution in [3.8, 4) is 0 Å². The van der Waals surface area contributed by atoms with Crippen LogP contribution in [0.1, 0.15) is 19.3 Å². The quantitative estimate of drug-likeness (QED) is 0.594. The van der Waals surface area contributed by atoms with E-state index in [-0.39, 0.29) is 10.7 Å². The highest BCUT2D eigenvalue weighted by Gasteiger charge is 2.43. The lowest BCUT2D eigenvalue weighted by Crippen LogP contribution is -2.43. The maximum Gasteiger partial charge on any atom is 0.191 e. The molecule has 0 radical (unpaired) electrons. The van der Waals surface area contributed by atoms with Gasteiger partial charge in [-0.3, -0.25) is 4.99 Å². The van der Waals surface area contributed by atoms with Crippen LogP contribution in [0.3, 0.4) is 0 Å². The lowest BCUT2D eigenvalue weighted by molar-refractivity contribution is 0.567. The van der Waals surface area contributed by atoms with Crippen molar-refractivity contribution in [3.63, 3.8) is 0 Å². The molecule has 1 atom stereocenters. The molecule has 24 heavy (non-hydrogen) atoms. The number of thioether (sulfide) groups is 1. The van der Waals surface area contributed by atoms with E-state index in [1.54, 1.807) is 7.05 Å². The summed E-state index contributed by atoms with van der Waals surface area (Å²) in [7, 11) is -1.06. The van der Waals surface area contributed by atoms with Crippen molar-refractivity contribution < 1.29 is 8.42 Å². The van der Waals surface area contributed by atoms with Gasteiger partial charge in [0.05, 0.1) is 11.5 Å². The molecule has 0 aromatic heterocycles. The van der Waals surface area contributed by atoms with E-state index in [0.717, 1.165) is 18.9 Å². The Morgan fingerprint density at radius 3 is 2.62 bits per heavy atom.